The summed E-state index contributed by atoms with van der Waals surface area (Å²) < 4.78 is 13.2. The summed E-state index contributed by atoms with van der Waals surface area (Å²) >= 11 is 6.17. The van der Waals surface area contributed by atoms with Crippen molar-refractivity contribution in [2.24, 2.45) is 0 Å². The second kappa shape index (κ2) is 13.9. The van der Waals surface area contributed by atoms with Gasteiger partial charge in [-0.1, -0.05) is 18.1 Å². The lowest BCUT2D eigenvalue weighted by atomic mass is 9.93. The number of nitrogens with zero attached hydrogens (tertiary/aromatic N) is 6. The monoisotopic (exact) mass is 685 g/mol. The van der Waals surface area contributed by atoms with Gasteiger partial charge in [-0.15, -0.1) is 6.42 Å². The summed E-state index contributed by atoms with van der Waals surface area (Å²) in [6.45, 7) is 4.11. The number of rotatable bonds is 13. The van der Waals surface area contributed by atoms with Gasteiger partial charge in [0.1, 0.15) is 12.3 Å². The molecule has 2 aliphatic heterocycles. The zero-order valence-corrected chi connectivity index (χ0v) is 27.0. The van der Waals surface area contributed by atoms with E-state index in [1.807, 2.05) is 13.8 Å². The van der Waals surface area contributed by atoms with E-state index in [2.05, 4.69) is 26.2 Å². The molecule has 1 aromatic carbocycles. The van der Waals surface area contributed by atoms with E-state index < -0.39 is 48.5 Å². The highest BCUT2D eigenvalue weighted by Gasteiger charge is 2.53. The number of carbonyl (C=O) groups excluding carboxylic acids is 1. The number of carboxylic acid groups (broad SMARTS) is 2. The van der Waals surface area contributed by atoms with E-state index in [1.54, 1.807) is 12.1 Å². The highest BCUT2D eigenvalue weighted by atomic mass is 35.5. The minimum atomic E-state index is -2.78. The maximum absolute atomic E-state index is 12.8. The summed E-state index contributed by atoms with van der Waals surface area (Å²) in [6, 6.07) is 5.91. The number of benzene rings is 1. The molecule has 3 atom stereocenters. The van der Waals surface area contributed by atoms with Gasteiger partial charge in [-0.3, -0.25) is 9.47 Å². The van der Waals surface area contributed by atoms with Crippen molar-refractivity contribution in [2.45, 2.75) is 62.7 Å². The quantitative estimate of drug-likeness (QED) is 0.0987. The Morgan fingerprint density at radius 1 is 1.23 bits per heavy atom. The SMILES string of the molecule is C#C[C@]1(O)C[C@H](n2cnc3c(NC(C)C)nc(Cl)nc32)O[C@@H]1COC(Cc1ccc(N2CCCN(CCO)C2=O)cc1)(C(=O)O)C(=O)O. The van der Waals surface area contributed by atoms with Crippen LogP contribution in [-0.2, 0) is 25.5 Å². The molecule has 0 aliphatic carbocycles. The number of carbonyl (C=O) groups is 3. The molecular formula is C31H36ClN7O9. The van der Waals surface area contributed by atoms with Crippen LogP contribution in [0.15, 0.2) is 30.6 Å². The lowest BCUT2D eigenvalue weighted by Gasteiger charge is -2.35. The summed E-state index contributed by atoms with van der Waals surface area (Å²) in [5, 5.41) is 44.0. The smallest absolute Gasteiger partial charge is 0.348 e. The highest BCUT2D eigenvalue weighted by molar-refractivity contribution is 6.28. The maximum atomic E-state index is 12.8. The van der Waals surface area contributed by atoms with Gasteiger partial charge in [0.15, 0.2) is 22.6 Å². The topological polar surface area (TPSA) is 213 Å². The molecule has 4 heterocycles. The van der Waals surface area contributed by atoms with Crippen molar-refractivity contribution in [3.63, 3.8) is 0 Å². The van der Waals surface area contributed by atoms with Gasteiger partial charge in [-0.25, -0.2) is 19.4 Å². The molecule has 0 saturated carbocycles. The molecule has 16 nitrogen and oxygen atoms in total. The van der Waals surface area contributed by atoms with Crippen LogP contribution in [0, 0.1) is 12.3 Å². The van der Waals surface area contributed by atoms with Crippen molar-refractivity contribution in [1.82, 2.24) is 24.4 Å². The predicted octanol–water partition coefficient (Wildman–Crippen LogP) is 1.74. The van der Waals surface area contributed by atoms with Crippen LogP contribution in [0.4, 0.5) is 16.3 Å². The molecular weight excluding hydrogens is 650 g/mol. The lowest BCUT2D eigenvalue weighted by molar-refractivity contribution is -0.191. The Kier molecular flexibility index (Phi) is 10.1. The molecule has 2 amide bonds. The predicted molar refractivity (Wildman–Crippen MR) is 172 cm³/mol. The Morgan fingerprint density at radius 3 is 2.56 bits per heavy atom. The molecule has 2 fully saturated rings. The van der Waals surface area contributed by atoms with Crippen molar-refractivity contribution < 1.29 is 44.3 Å². The second-order valence-corrected chi connectivity index (χ2v) is 12.2. The van der Waals surface area contributed by atoms with Gasteiger partial charge >= 0.3 is 18.0 Å². The average molecular weight is 686 g/mol. The van der Waals surface area contributed by atoms with Crippen molar-refractivity contribution in [3.8, 4) is 12.3 Å². The van der Waals surface area contributed by atoms with Gasteiger partial charge in [0.05, 0.1) is 19.5 Å². The Balaban J connectivity index is 1.35. The van der Waals surface area contributed by atoms with Crippen LogP contribution >= 0.6 is 11.6 Å². The summed E-state index contributed by atoms with van der Waals surface area (Å²) in [7, 11) is 0. The van der Waals surface area contributed by atoms with Crippen LogP contribution < -0.4 is 10.2 Å². The molecule has 2 aromatic heterocycles. The number of fused-ring (bicyclic) bond motifs is 1. The molecule has 2 saturated heterocycles. The van der Waals surface area contributed by atoms with E-state index in [0.717, 1.165) is 0 Å². The average Bonchev–Trinajstić information content (AvgIpc) is 3.61. The van der Waals surface area contributed by atoms with Crippen molar-refractivity contribution in [3.05, 3.63) is 41.4 Å². The number of aliphatic carboxylic acids is 2. The van der Waals surface area contributed by atoms with Gasteiger partial charge < -0.3 is 40.1 Å². The number of hydrogen-bond acceptors (Lipinski definition) is 11. The van der Waals surface area contributed by atoms with Gasteiger partial charge in [-0.2, -0.15) is 9.97 Å². The number of anilines is 2. The number of carboxylic acids is 2. The van der Waals surface area contributed by atoms with Crippen molar-refractivity contribution >= 4 is 52.2 Å². The Labute approximate surface area is 280 Å². The van der Waals surface area contributed by atoms with E-state index in [9.17, 15) is 34.8 Å². The first-order valence-electron chi connectivity index (χ1n) is 15.2. The highest BCUT2D eigenvalue weighted by Crippen LogP contribution is 2.39. The number of halogens is 1. The summed E-state index contributed by atoms with van der Waals surface area (Å²) in [5.41, 5.74) is -3.27. The fraction of sp³-hybridized carbons (Fsp3) is 0.484. The number of ether oxygens (including phenoxy) is 2. The molecule has 5 rings (SSSR count). The third-order valence-electron chi connectivity index (χ3n) is 8.27. The van der Waals surface area contributed by atoms with Gasteiger partial charge in [0, 0.05) is 44.2 Å². The first-order valence-corrected chi connectivity index (χ1v) is 15.6. The standard InChI is InChI=1S/C31H36ClN7O9/c1-4-30(46)15-22(39-17-33-23-24(34-18(2)3)35-28(32)36-25(23)39)48-21(30)16-47-31(26(41)42,27(43)44)14-19-6-8-20(9-7-19)38-11-5-10-37(12-13-40)29(38)45/h1,6-9,17-18,21-22,40,46H,5,10-16H2,2-3H3,(H,41,42)(H,43,44)(H,34,35,36)/t21-,22-,30+/m1/s1. The number of amides is 2. The Morgan fingerprint density at radius 2 is 1.94 bits per heavy atom. The number of β-amino-alcohol motifs (C(OH)–C–C–N with tert-alkyl or cyclic N) is 1. The summed E-state index contributed by atoms with van der Waals surface area (Å²) in [4.78, 5) is 53.7. The molecule has 48 heavy (non-hydrogen) atoms. The number of terminal acetylenes is 1. The molecule has 0 radical (unpaired) electrons. The Bertz CT molecular complexity index is 1710. The van der Waals surface area contributed by atoms with E-state index in [-0.39, 0.29) is 42.6 Å². The van der Waals surface area contributed by atoms with Crippen LogP contribution in [0.2, 0.25) is 5.28 Å². The molecule has 3 aromatic rings. The van der Waals surface area contributed by atoms with Gasteiger partial charge in [-0.05, 0) is 49.6 Å². The molecule has 0 unspecified atom stereocenters. The second-order valence-electron chi connectivity index (χ2n) is 11.9. The van der Waals surface area contributed by atoms with E-state index in [0.29, 0.717) is 42.1 Å². The van der Waals surface area contributed by atoms with Gasteiger partial charge in [0.25, 0.3) is 5.60 Å². The largest absolute Gasteiger partial charge is 0.479 e. The van der Waals surface area contributed by atoms with E-state index >= 15 is 0 Å². The lowest BCUT2D eigenvalue weighted by Crippen LogP contribution is -2.53. The summed E-state index contributed by atoms with van der Waals surface area (Å²) in [6.07, 6.45) is 4.71. The molecule has 2 aliphatic rings. The molecule has 0 spiro atoms. The number of imidazole rings is 1. The molecule has 17 heteroatoms. The van der Waals surface area contributed by atoms with E-state index in [4.69, 9.17) is 27.5 Å². The minimum absolute atomic E-state index is 0.00370. The summed E-state index contributed by atoms with van der Waals surface area (Å²) in [5.74, 6) is -0.892. The fourth-order valence-electron chi connectivity index (χ4n) is 5.78. The van der Waals surface area contributed by atoms with Crippen LogP contribution in [0.1, 0.15) is 38.5 Å². The molecule has 5 N–H and O–H groups in total. The van der Waals surface area contributed by atoms with Crippen LogP contribution in [0.5, 0.6) is 0 Å². The van der Waals surface area contributed by atoms with E-state index in [1.165, 1.54) is 32.8 Å². The maximum Gasteiger partial charge on any atom is 0.348 e. The van der Waals surface area contributed by atoms with Crippen LogP contribution in [0.3, 0.4) is 0 Å². The Hall–Kier alpha value is -4.53. The molecule has 0 bridgehead atoms. The van der Waals surface area contributed by atoms with Crippen LogP contribution in [0.25, 0.3) is 11.2 Å². The first-order chi connectivity index (χ1) is 22.8. The number of nitrogens with one attached hydrogen (secondary N) is 1. The van der Waals surface area contributed by atoms with Gasteiger partial charge in [0.2, 0.25) is 5.28 Å². The molecule has 256 valence electrons. The number of aromatic nitrogens is 4. The number of aliphatic hydroxyl groups is 2. The fourth-order valence-corrected chi connectivity index (χ4v) is 5.95. The third kappa shape index (κ3) is 6.73. The third-order valence-corrected chi connectivity index (χ3v) is 8.44. The van der Waals surface area contributed by atoms with Crippen molar-refractivity contribution in [2.75, 3.05) is 43.1 Å². The number of hydrogen-bond donors (Lipinski definition) is 5. The number of urea groups is 1. The zero-order chi connectivity index (χ0) is 34.8. The zero-order valence-electron chi connectivity index (χ0n) is 26.2. The first kappa shape index (κ1) is 34.8. The number of aliphatic hydroxyl groups excluding tert-OH is 1. The van der Waals surface area contributed by atoms with Crippen LogP contribution in [-0.4, -0.2) is 119 Å². The van der Waals surface area contributed by atoms with Crippen molar-refractivity contribution in [1.29, 1.82) is 0 Å². The normalized spacial score (nSPS) is 21.6. The minimum Gasteiger partial charge on any atom is -0.479 e.